The summed E-state index contributed by atoms with van der Waals surface area (Å²) >= 11 is 6.07. The van der Waals surface area contributed by atoms with E-state index in [-0.39, 0.29) is 42.9 Å². The lowest BCUT2D eigenvalue weighted by molar-refractivity contribution is -0.125. The first kappa shape index (κ1) is 54.8. The lowest BCUT2D eigenvalue weighted by atomic mass is 10.0. The number of guanidine groups is 2. The Kier molecular flexibility index (Phi) is 25.4. The number of nitrogens with two attached hydrogens (primary N) is 2. The van der Waals surface area contributed by atoms with Crippen LogP contribution in [-0.4, -0.2) is 158 Å². The normalized spacial score (nSPS) is 21.5. The first-order chi connectivity index (χ1) is 32.5. The highest BCUT2D eigenvalue weighted by Gasteiger charge is 2.41. The summed E-state index contributed by atoms with van der Waals surface area (Å²) in [5.41, 5.74) is 12.3. The Bertz CT molecular complexity index is 1710. The maximum Gasteiger partial charge on any atom is 0.251 e. The molecule has 0 radical (unpaired) electrons. The summed E-state index contributed by atoms with van der Waals surface area (Å²) in [6.45, 7) is 3.16. The molecular weight excluding hydrogens is 1010 g/mol. The molecule has 17 nitrogen and oxygen atoms in total. The molecule has 5 rings (SSSR count). The number of hydrogen-bond acceptors (Lipinski definition) is 16. The number of unbranched alkanes of at least 4 members (excludes halogenated alkanes) is 6. The van der Waals surface area contributed by atoms with Crippen molar-refractivity contribution in [2.45, 2.75) is 137 Å². The summed E-state index contributed by atoms with van der Waals surface area (Å²) in [7, 11) is 0. The lowest BCUT2D eigenvalue weighted by Gasteiger charge is -2.21. The van der Waals surface area contributed by atoms with Crippen LogP contribution in [0.4, 0.5) is 0 Å². The number of nitrogens with zero attached hydrogens (tertiary/aromatic N) is 3. The average molecular weight is 1080 g/mol. The topological polar surface area (TPSA) is 244 Å². The molecule has 2 fully saturated rings. The number of Topliss-reactive ketones (excluding diaryl/α,β-unsaturated/α-hetero) is 2. The number of ketones is 2. The second-order valence-corrected chi connectivity index (χ2v) is 21.6. The van der Waals surface area contributed by atoms with Crippen LogP contribution in [0, 0.1) is 3.57 Å². The smallest absolute Gasteiger partial charge is 0.251 e. The van der Waals surface area contributed by atoms with Gasteiger partial charge in [0, 0.05) is 83.0 Å². The molecule has 0 spiro atoms. The van der Waals surface area contributed by atoms with Gasteiger partial charge in [-0.05, 0) is 92.2 Å². The molecule has 4 aliphatic heterocycles. The molecule has 1 aromatic carbocycles. The minimum absolute atomic E-state index is 0.0470. The third-order valence-electron chi connectivity index (χ3n) is 12.4. The van der Waals surface area contributed by atoms with E-state index < -0.39 is 0 Å². The number of aliphatic imine (C=N–C) groups is 2. The highest BCUT2D eigenvalue weighted by molar-refractivity contribution is 14.1. The molecule has 0 aromatic heterocycles. The molecule has 6 atom stereocenters. The number of rotatable bonds is 36. The maximum absolute atomic E-state index is 13.0. The number of hydrogen-bond donors (Lipinski definition) is 7. The van der Waals surface area contributed by atoms with Gasteiger partial charge in [0.15, 0.2) is 11.9 Å². The van der Waals surface area contributed by atoms with E-state index in [9.17, 15) is 24.0 Å². The molecule has 0 aliphatic carbocycles. The second-order valence-electron chi connectivity index (χ2n) is 17.8. The summed E-state index contributed by atoms with van der Waals surface area (Å²) in [6, 6.07) is 8.60. The first-order valence-corrected chi connectivity index (χ1v) is 27.6. The van der Waals surface area contributed by atoms with Crippen molar-refractivity contribution < 1.29 is 33.4 Å². The van der Waals surface area contributed by atoms with Crippen LogP contribution in [0.5, 0.6) is 0 Å². The van der Waals surface area contributed by atoms with Crippen molar-refractivity contribution in [3.63, 3.8) is 0 Å². The van der Waals surface area contributed by atoms with Crippen LogP contribution in [0.3, 0.4) is 0 Å². The largest absolute Gasteiger partial charge is 0.378 e. The van der Waals surface area contributed by atoms with Gasteiger partial charge in [-0.25, -0.2) is 9.98 Å². The van der Waals surface area contributed by atoms with E-state index in [0.717, 1.165) is 92.1 Å². The van der Waals surface area contributed by atoms with Gasteiger partial charge < -0.3 is 47.5 Å². The van der Waals surface area contributed by atoms with Crippen molar-refractivity contribution >= 4 is 87.3 Å². The minimum Gasteiger partial charge on any atom is -0.378 e. The summed E-state index contributed by atoms with van der Waals surface area (Å²) in [4.78, 5) is 74.2. The zero-order valence-electron chi connectivity index (χ0n) is 39.1. The lowest BCUT2D eigenvalue weighted by Crippen LogP contribution is -2.44. The molecule has 0 bridgehead atoms. The SMILES string of the molecule is NC1=N[C@H]2[C@H](CS[C@H]2CCCCC(=O)CCCCCNC(=O)CN(CCOCCOCCNC(=O)c2cccc(I)c2)CC(=O)NCCCCCC(=O)CCCC[C@@H]2SC[C@@H]3NC(N)=N[C@@H]32)N1. The molecule has 0 unspecified atom stereocenters. The third-order valence-corrected chi connectivity index (χ3v) is 16.0. The Balaban J connectivity index is 0.895. The third kappa shape index (κ3) is 21.1. The number of thioether (sulfide) groups is 2. The number of amides is 3. The number of ether oxygens (including phenoxy) is 2. The van der Waals surface area contributed by atoms with E-state index >= 15 is 0 Å². The van der Waals surface area contributed by atoms with Crippen molar-refractivity contribution in [3.05, 3.63) is 33.4 Å². The summed E-state index contributed by atoms with van der Waals surface area (Å²) in [6.07, 6.45) is 13.1. The molecule has 2 saturated heterocycles. The molecule has 374 valence electrons. The molecule has 20 heteroatoms. The van der Waals surface area contributed by atoms with Crippen molar-refractivity contribution in [2.75, 3.05) is 77.2 Å². The molecule has 1 aromatic rings. The fourth-order valence-corrected chi connectivity index (χ4v) is 12.3. The number of carbonyl (C=O) groups excluding carboxylic acids is 5. The average Bonchev–Trinajstić information content (AvgIpc) is 4.07. The molecule has 3 amide bonds. The molecule has 0 saturated carbocycles. The van der Waals surface area contributed by atoms with Gasteiger partial charge in [-0.3, -0.25) is 28.9 Å². The Morgan fingerprint density at radius 1 is 0.657 bits per heavy atom. The van der Waals surface area contributed by atoms with Gasteiger partial charge in [-0.15, -0.1) is 0 Å². The van der Waals surface area contributed by atoms with Crippen LogP contribution < -0.4 is 38.1 Å². The standard InChI is InChI=1S/C47H75IN10O7S2/c48-34-13-11-12-33(28-34)45(63)53-22-24-64-26-27-65-25-23-58(29-41(61)51-20-9-1-3-14-35(59)16-5-7-18-39-43-37(31-66-39)54-46(49)56-43)30-42(62)52-21-10-2-4-15-36(60)17-6-8-19-40-44-38(32-67-40)55-47(50)57-44/h11-13,28,37-40,43-44H,1-10,14-27,29-32H2,(H,51,61)(H,52,62)(H,53,63)(H3,49,54,56)(H3,50,55,57)/t37-,38-,39-,40-,43-,44-/m0/s1. The summed E-state index contributed by atoms with van der Waals surface area (Å²) in [5.74, 6) is 3.26. The van der Waals surface area contributed by atoms with Crippen LogP contribution in [-0.2, 0) is 28.7 Å². The highest BCUT2D eigenvalue weighted by Crippen LogP contribution is 2.36. The Morgan fingerprint density at radius 2 is 1.16 bits per heavy atom. The molecule has 9 N–H and O–H groups in total. The van der Waals surface area contributed by atoms with Crippen LogP contribution in [0.2, 0.25) is 0 Å². The number of benzene rings is 1. The zero-order chi connectivity index (χ0) is 47.6. The minimum atomic E-state index is -0.172. The van der Waals surface area contributed by atoms with Crippen molar-refractivity contribution in [2.24, 2.45) is 21.5 Å². The Morgan fingerprint density at radius 3 is 1.69 bits per heavy atom. The van der Waals surface area contributed by atoms with E-state index in [0.29, 0.717) is 130 Å². The predicted octanol–water partition coefficient (Wildman–Crippen LogP) is 3.51. The van der Waals surface area contributed by atoms with Crippen LogP contribution in [0.15, 0.2) is 34.3 Å². The maximum atomic E-state index is 13.0. The Hall–Kier alpha value is -3.18. The van der Waals surface area contributed by atoms with Gasteiger partial charge in [-0.1, -0.05) is 31.7 Å². The first-order valence-electron chi connectivity index (χ1n) is 24.4. The predicted molar refractivity (Wildman–Crippen MR) is 277 cm³/mol. The van der Waals surface area contributed by atoms with Gasteiger partial charge >= 0.3 is 0 Å². The van der Waals surface area contributed by atoms with Crippen molar-refractivity contribution in [1.82, 2.24) is 31.5 Å². The van der Waals surface area contributed by atoms with E-state index in [1.807, 2.05) is 41.7 Å². The zero-order valence-corrected chi connectivity index (χ0v) is 42.9. The second kappa shape index (κ2) is 31.1. The number of carbonyl (C=O) groups is 5. The highest BCUT2D eigenvalue weighted by atomic mass is 127. The summed E-state index contributed by atoms with van der Waals surface area (Å²) in [5, 5.41) is 16.2. The molecular formula is C47H75IN10O7S2. The van der Waals surface area contributed by atoms with Gasteiger partial charge in [-0.2, -0.15) is 23.5 Å². The van der Waals surface area contributed by atoms with Gasteiger partial charge in [0.1, 0.15) is 11.6 Å². The van der Waals surface area contributed by atoms with Crippen LogP contribution in [0.25, 0.3) is 0 Å². The van der Waals surface area contributed by atoms with E-state index in [2.05, 4.69) is 59.2 Å². The number of halogens is 1. The van der Waals surface area contributed by atoms with Gasteiger partial charge in [0.25, 0.3) is 5.91 Å². The van der Waals surface area contributed by atoms with E-state index in [4.69, 9.17) is 20.9 Å². The monoisotopic (exact) mass is 1080 g/mol. The van der Waals surface area contributed by atoms with Crippen molar-refractivity contribution in [1.29, 1.82) is 0 Å². The van der Waals surface area contributed by atoms with Crippen LogP contribution in [0.1, 0.15) is 113 Å². The summed E-state index contributed by atoms with van der Waals surface area (Å²) < 4.78 is 12.4. The van der Waals surface area contributed by atoms with E-state index in [1.54, 1.807) is 11.0 Å². The van der Waals surface area contributed by atoms with E-state index in [1.165, 1.54) is 0 Å². The fourth-order valence-electron chi connectivity index (χ4n) is 8.76. The van der Waals surface area contributed by atoms with Gasteiger partial charge in [0.2, 0.25) is 11.8 Å². The van der Waals surface area contributed by atoms with Gasteiger partial charge in [0.05, 0.1) is 63.7 Å². The Labute approximate surface area is 419 Å². The number of fused-ring (bicyclic) bond motifs is 2. The van der Waals surface area contributed by atoms with Crippen molar-refractivity contribution in [3.8, 4) is 0 Å². The fraction of sp³-hybridized carbons (Fsp3) is 0.723. The molecule has 67 heavy (non-hydrogen) atoms. The molecule has 4 heterocycles. The number of nitrogens with one attached hydrogen (secondary N) is 5. The van der Waals surface area contributed by atoms with Crippen LogP contribution >= 0.6 is 46.1 Å². The molecule has 4 aliphatic rings. The quantitative estimate of drug-likeness (QED) is 0.0376.